The number of carbonyl (C=O) groups excluding carboxylic acids is 2. The third-order valence-corrected chi connectivity index (χ3v) is 3.80. The Balaban J connectivity index is 2.09. The highest BCUT2D eigenvalue weighted by molar-refractivity contribution is 5.98. The van der Waals surface area contributed by atoms with Crippen LogP contribution in [0.5, 0.6) is 11.5 Å². The van der Waals surface area contributed by atoms with Crippen LogP contribution in [0.2, 0.25) is 0 Å². The molecule has 0 spiro atoms. The highest BCUT2D eigenvalue weighted by Gasteiger charge is 2.23. The molecule has 0 aliphatic rings. The van der Waals surface area contributed by atoms with Crippen LogP contribution in [-0.4, -0.2) is 38.7 Å². The molecule has 1 amide bonds. The number of nitrogens with zero attached hydrogens (tertiary/aromatic N) is 1. The summed E-state index contributed by atoms with van der Waals surface area (Å²) in [5, 5.41) is 0. The molecule has 1 atom stereocenters. The summed E-state index contributed by atoms with van der Waals surface area (Å²) in [4.78, 5) is 26.3. The van der Waals surface area contributed by atoms with Gasteiger partial charge in [0.25, 0.3) is 5.91 Å². The molecule has 0 aliphatic heterocycles. The van der Waals surface area contributed by atoms with E-state index in [4.69, 9.17) is 14.2 Å². The first-order valence-electron chi connectivity index (χ1n) is 8.32. The summed E-state index contributed by atoms with van der Waals surface area (Å²) < 4.78 is 16.0. The van der Waals surface area contributed by atoms with Crippen molar-refractivity contribution in [2.45, 2.75) is 20.0 Å². The van der Waals surface area contributed by atoms with Crippen LogP contribution in [0.15, 0.2) is 48.5 Å². The molecule has 0 saturated carbocycles. The minimum absolute atomic E-state index is 0.288. The van der Waals surface area contributed by atoms with Gasteiger partial charge in [0.2, 0.25) is 0 Å². The molecular formula is C20H23NO5. The fraction of sp³-hybridized carbons (Fsp3) is 0.300. The molecule has 26 heavy (non-hydrogen) atoms. The minimum Gasteiger partial charge on any atom is -0.493 e. The van der Waals surface area contributed by atoms with Crippen LogP contribution >= 0.6 is 0 Å². The first kappa shape index (κ1) is 19.3. The van der Waals surface area contributed by atoms with E-state index >= 15 is 0 Å². The molecule has 6 heteroatoms. The van der Waals surface area contributed by atoms with E-state index in [1.54, 1.807) is 32.2 Å². The van der Waals surface area contributed by atoms with E-state index in [1.807, 2.05) is 37.3 Å². The Morgan fingerprint density at radius 1 is 1.08 bits per heavy atom. The zero-order valence-electron chi connectivity index (χ0n) is 15.4. The van der Waals surface area contributed by atoms with Crippen LogP contribution in [0, 0.1) is 0 Å². The van der Waals surface area contributed by atoms with Gasteiger partial charge in [-0.2, -0.15) is 0 Å². The topological polar surface area (TPSA) is 65.1 Å². The molecule has 2 aromatic carbocycles. The number of rotatable bonds is 7. The molecule has 6 nitrogen and oxygen atoms in total. The van der Waals surface area contributed by atoms with Gasteiger partial charge in [-0.25, -0.2) is 4.79 Å². The predicted molar refractivity (Wildman–Crippen MR) is 98.9 cm³/mol. The second-order valence-electron chi connectivity index (χ2n) is 5.58. The molecule has 2 aromatic rings. The number of amides is 1. The largest absolute Gasteiger partial charge is 0.493 e. The summed E-state index contributed by atoms with van der Waals surface area (Å²) in [5.74, 6) is 0.0557. The summed E-state index contributed by atoms with van der Waals surface area (Å²) in [5.41, 5.74) is 1.01. The van der Waals surface area contributed by atoms with Crippen molar-refractivity contribution in [1.29, 1.82) is 0 Å². The Labute approximate surface area is 153 Å². The number of hydrogen-bond acceptors (Lipinski definition) is 5. The first-order chi connectivity index (χ1) is 12.5. The SMILES string of the molecule is CCOc1cc(C(=O)OC(C)C(=O)N(C)c2ccccc2)ccc1OC. The lowest BCUT2D eigenvalue weighted by molar-refractivity contribution is -0.126. The standard InChI is InChI=1S/C20H23NO5/c1-5-25-18-13-15(11-12-17(18)24-4)20(23)26-14(2)19(22)21(3)16-9-7-6-8-10-16/h6-14H,5H2,1-4H3. The van der Waals surface area contributed by atoms with Crippen LogP contribution in [0.25, 0.3) is 0 Å². The number of para-hydroxylation sites is 1. The molecule has 138 valence electrons. The minimum atomic E-state index is -0.926. The van der Waals surface area contributed by atoms with Crippen molar-refractivity contribution in [3.63, 3.8) is 0 Å². The molecule has 0 saturated heterocycles. The van der Waals surface area contributed by atoms with Gasteiger partial charge >= 0.3 is 5.97 Å². The second-order valence-corrected chi connectivity index (χ2v) is 5.58. The Morgan fingerprint density at radius 3 is 2.38 bits per heavy atom. The Morgan fingerprint density at radius 2 is 1.77 bits per heavy atom. The molecule has 0 bridgehead atoms. The van der Waals surface area contributed by atoms with Crippen molar-refractivity contribution >= 4 is 17.6 Å². The van der Waals surface area contributed by atoms with Crippen molar-refractivity contribution in [2.75, 3.05) is 25.7 Å². The summed E-state index contributed by atoms with van der Waals surface area (Å²) in [7, 11) is 3.17. The fourth-order valence-electron chi connectivity index (χ4n) is 2.40. The molecule has 0 aliphatic carbocycles. The third-order valence-electron chi connectivity index (χ3n) is 3.80. The number of methoxy groups -OCH3 is 1. The lowest BCUT2D eigenvalue weighted by Gasteiger charge is -2.21. The van der Waals surface area contributed by atoms with Gasteiger partial charge in [0, 0.05) is 12.7 Å². The van der Waals surface area contributed by atoms with Gasteiger partial charge in [-0.05, 0) is 44.2 Å². The molecule has 0 heterocycles. The van der Waals surface area contributed by atoms with Gasteiger partial charge < -0.3 is 19.1 Å². The van der Waals surface area contributed by atoms with Gasteiger partial charge in [0.05, 0.1) is 19.3 Å². The van der Waals surface area contributed by atoms with Gasteiger partial charge in [0.1, 0.15) is 0 Å². The maximum atomic E-state index is 12.5. The lowest BCUT2D eigenvalue weighted by atomic mass is 10.2. The van der Waals surface area contributed by atoms with Crippen molar-refractivity contribution in [3.8, 4) is 11.5 Å². The number of carbonyl (C=O) groups is 2. The molecule has 2 rings (SSSR count). The molecular weight excluding hydrogens is 334 g/mol. The Kier molecular flexibility index (Phi) is 6.60. The highest BCUT2D eigenvalue weighted by Crippen LogP contribution is 2.28. The lowest BCUT2D eigenvalue weighted by Crippen LogP contribution is -2.37. The van der Waals surface area contributed by atoms with E-state index in [9.17, 15) is 9.59 Å². The van der Waals surface area contributed by atoms with E-state index in [0.717, 1.165) is 5.69 Å². The van der Waals surface area contributed by atoms with Crippen LogP contribution < -0.4 is 14.4 Å². The molecule has 1 unspecified atom stereocenters. The van der Waals surface area contributed by atoms with E-state index in [-0.39, 0.29) is 11.5 Å². The normalized spacial score (nSPS) is 11.4. The fourth-order valence-corrected chi connectivity index (χ4v) is 2.40. The van der Waals surface area contributed by atoms with Gasteiger partial charge in [-0.1, -0.05) is 18.2 Å². The van der Waals surface area contributed by atoms with E-state index in [1.165, 1.54) is 12.0 Å². The van der Waals surface area contributed by atoms with E-state index < -0.39 is 12.1 Å². The molecule has 0 radical (unpaired) electrons. The first-order valence-corrected chi connectivity index (χ1v) is 8.32. The van der Waals surface area contributed by atoms with Crippen LogP contribution in [0.3, 0.4) is 0 Å². The zero-order chi connectivity index (χ0) is 19.1. The number of hydrogen-bond donors (Lipinski definition) is 0. The quantitative estimate of drug-likeness (QED) is 0.712. The maximum absolute atomic E-state index is 12.5. The molecule has 0 fully saturated rings. The van der Waals surface area contributed by atoms with E-state index in [2.05, 4.69) is 0 Å². The maximum Gasteiger partial charge on any atom is 0.339 e. The third kappa shape index (κ3) is 4.53. The van der Waals surface area contributed by atoms with E-state index in [0.29, 0.717) is 18.1 Å². The highest BCUT2D eigenvalue weighted by atomic mass is 16.5. The van der Waals surface area contributed by atoms with Crippen LogP contribution in [0.1, 0.15) is 24.2 Å². The van der Waals surface area contributed by atoms with Crippen molar-refractivity contribution in [3.05, 3.63) is 54.1 Å². The summed E-state index contributed by atoms with van der Waals surface area (Å²) in [6.45, 7) is 3.82. The average molecular weight is 357 g/mol. The van der Waals surface area contributed by atoms with Gasteiger partial charge in [0.15, 0.2) is 17.6 Å². The molecule has 0 aromatic heterocycles. The number of esters is 1. The summed E-state index contributed by atoms with van der Waals surface area (Å²) in [6.07, 6.45) is -0.926. The summed E-state index contributed by atoms with van der Waals surface area (Å²) >= 11 is 0. The van der Waals surface area contributed by atoms with Gasteiger partial charge in [-0.3, -0.25) is 4.79 Å². The number of benzene rings is 2. The Bertz CT molecular complexity index is 760. The monoisotopic (exact) mass is 357 g/mol. The van der Waals surface area contributed by atoms with Crippen molar-refractivity contribution < 1.29 is 23.8 Å². The van der Waals surface area contributed by atoms with Crippen LogP contribution in [-0.2, 0) is 9.53 Å². The van der Waals surface area contributed by atoms with Crippen molar-refractivity contribution in [2.24, 2.45) is 0 Å². The molecule has 0 N–H and O–H groups in total. The average Bonchev–Trinajstić information content (AvgIpc) is 2.67. The van der Waals surface area contributed by atoms with Gasteiger partial charge in [-0.15, -0.1) is 0 Å². The predicted octanol–water partition coefficient (Wildman–Crippen LogP) is 3.30. The van der Waals surface area contributed by atoms with Crippen molar-refractivity contribution in [1.82, 2.24) is 0 Å². The van der Waals surface area contributed by atoms with Crippen LogP contribution in [0.4, 0.5) is 5.69 Å². The second kappa shape index (κ2) is 8.89. The zero-order valence-corrected chi connectivity index (χ0v) is 15.4. The number of likely N-dealkylation sites (N-methyl/N-ethyl adjacent to an activating group) is 1. The smallest absolute Gasteiger partial charge is 0.339 e. The number of anilines is 1. The Hall–Kier alpha value is -3.02. The summed E-state index contributed by atoms with van der Waals surface area (Å²) in [6, 6.07) is 13.9. The number of ether oxygens (including phenoxy) is 3.